The average molecular weight is 240 g/mol. The van der Waals surface area contributed by atoms with E-state index in [0.717, 1.165) is 19.6 Å². The highest BCUT2D eigenvalue weighted by Crippen LogP contribution is 1.97. The van der Waals surface area contributed by atoms with Crippen LogP contribution >= 0.6 is 0 Å². The van der Waals surface area contributed by atoms with Crippen molar-refractivity contribution < 1.29 is 5.11 Å². The molecule has 0 aliphatic heterocycles. The second-order valence-corrected chi connectivity index (χ2v) is 4.52. The van der Waals surface area contributed by atoms with E-state index in [4.69, 9.17) is 5.11 Å². The van der Waals surface area contributed by atoms with E-state index >= 15 is 0 Å². The highest BCUT2D eigenvalue weighted by molar-refractivity contribution is 5.03. The Bertz CT molecular complexity index is 298. The molecule has 98 valence electrons. The van der Waals surface area contributed by atoms with Gasteiger partial charge in [0.1, 0.15) is 0 Å². The van der Waals surface area contributed by atoms with Crippen LogP contribution in [0.2, 0.25) is 0 Å². The first kappa shape index (κ1) is 14.2. The summed E-state index contributed by atoms with van der Waals surface area (Å²) in [5.74, 6) is 0. The van der Waals surface area contributed by atoms with Crippen LogP contribution in [0.25, 0.3) is 0 Å². The third-order valence-corrected chi connectivity index (χ3v) is 2.55. The number of aliphatic hydroxyl groups is 1. The standard InChI is InChI=1S/C12H24N4O/c1-15(2)6-4-3-5-13-9-12-10-14-16(11-12)7-8-17/h10-11,13,17H,3-9H2,1-2H3. The number of hydrogen-bond acceptors (Lipinski definition) is 4. The molecule has 1 aromatic rings. The largest absolute Gasteiger partial charge is 0.394 e. The summed E-state index contributed by atoms with van der Waals surface area (Å²) in [4.78, 5) is 2.21. The molecule has 0 aliphatic rings. The Hall–Kier alpha value is -0.910. The Kier molecular flexibility index (Phi) is 6.84. The van der Waals surface area contributed by atoms with Crippen LogP contribution in [-0.4, -0.2) is 53.6 Å². The fourth-order valence-electron chi connectivity index (χ4n) is 1.63. The molecule has 0 fully saturated rings. The molecule has 0 amide bonds. The second-order valence-electron chi connectivity index (χ2n) is 4.52. The lowest BCUT2D eigenvalue weighted by Crippen LogP contribution is -2.17. The van der Waals surface area contributed by atoms with E-state index in [9.17, 15) is 0 Å². The van der Waals surface area contributed by atoms with Gasteiger partial charge in [0.15, 0.2) is 0 Å². The fraction of sp³-hybridized carbons (Fsp3) is 0.750. The van der Waals surface area contributed by atoms with Gasteiger partial charge in [0.25, 0.3) is 0 Å². The summed E-state index contributed by atoms with van der Waals surface area (Å²) in [6.45, 7) is 3.75. The van der Waals surface area contributed by atoms with Crippen LogP contribution in [0.1, 0.15) is 18.4 Å². The lowest BCUT2D eigenvalue weighted by molar-refractivity contribution is 0.269. The Morgan fingerprint density at radius 3 is 2.94 bits per heavy atom. The maximum atomic E-state index is 8.77. The van der Waals surface area contributed by atoms with Gasteiger partial charge in [-0.05, 0) is 40.0 Å². The van der Waals surface area contributed by atoms with Crippen molar-refractivity contribution in [2.24, 2.45) is 0 Å². The van der Waals surface area contributed by atoms with Crippen molar-refractivity contribution in [3.8, 4) is 0 Å². The van der Waals surface area contributed by atoms with Gasteiger partial charge < -0.3 is 15.3 Å². The molecule has 0 radical (unpaired) electrons. The summed E-state index contributed by atoms with van der Waals surface area (Å²) < 4.78 is 1.77. The van der Waals surface area contributed by atoms with Crippen molar-refractivity contribution in [1.29, 1.82) is 0 Å². The monoisotopic (exact) mass is 240 g/mol. The maximum absolute atomic E-state index is 8.77. The quantitative estimate of drug-likeness (QED) is 0.610. The Balaban J connectivity index is 2.05. The Morgan fingerprint density at radius 2 is 2.24 bits per heavy atom. The van der Waals surface area contributed by atoms with Crippen LogP contribution in [0.5, 0.6) is 0 Å². The normalized spacial score (nSPS) is 11.3. The summed E-state index contributed by atoms with van der Waals surface area (Å²) in [5, 5.41) is 16.3. The summed E-state index contributed by atoms with van der Waals surface area (Å²) in [6, 6.07) is 0. The number of nitrogens with one attached hydrogen (secondary N) is 1. The van der Waals surface area contributed by atoms with Gasteiger partial charge in [-0.2, -0.15) is 5.10 Å². The molecule has 5 heteroatoms. The lowest BCUT2D eigenvalue weighted by atomic mass is 10.3. The van der Waals surface area contributed by atoms with Crippen LogP contribution in [0.3, 0.4) is 0 Å². The third kappa shape index (κ3) is 6.41. The highest BCUT2D eigenvalue weighted by atomic mass is 16.3. The van der Waals surface area contributed by atoms with Crippen molar-refractivity contribution in [2.75, 3.05) is 33.8 Å². The van der Waals surface area contributed by atoms with E-state index in [0.29, 0.717) is 6.54 Å². The summed E-state index contributed by atoms with van der Waals surface area (Å²) >= 11 is 0. The first-order chi connectivity index (χ1) is 8.22. The van der Waals surface area contributed by atoms with Gasteiger partial charge in [-0.25, -0.2) is 0 Å². The van der Waals surface area contributed by atoms with Gasteiger partial charge >= 0.3 is 0 Å². The van der Waals surface area contributed by atoms with Gasteiger partial charge in [-0.1, -0.05) is 0 Å². The van der Waals surface area contributed by atoms with E-state index in [1.807, 2.05) is 12.4 Å². The highest BCUT2D eigenvalue weighted by Gasteiger charge is 1.97. The number of rotatable bonds is 9. The van der Waals surface area contributed by atoms with Crippen LogP contribution < -0.4 is 5.32 Å². The van der Waals surface area contributed by atoms with Crippen LogP contribution in [0.4, 0.5) is 0 Å². The molecule has 0 saturated carbocycles. The molecule has 0 aromatic carbocycles. The summed E-state index contributed by atoms with van der Waals surface area (Å²) in [7, 11) is 4.20. The van der Waals surface area contributed by atoms with Crippen LogP contribution in [-0.2, 0) is 13.1 Å². The molecular weight excluding hydrogens is 216 g/mol. The van der Waals surface area contributed by atoms with E-state index < -0.39 is 0 Å². The Morgan fingerprint density at radius 1 is 1.41 bits per heavy atom. The average Bonchev–Trinajstić information content (AvgIpc) is 2.71. The molecule has 0 aliphatic carbocycles. The molecule has 1 rings (SSSR count). The van der Waals surface area contributed by atoms with E-state index in [2.05, 4.69) is 29.4 Å². The molecule has 0 atom stereocenters. The maximum Gasteiger partial charge on any atom is 0.0640 e. The topological polar surface area (TPSA) is 53.3 Å². The fourth-order valence-corrected chi connectivity index (χ4v) is 1.63. The molecule has 0 spiro atoms. The molecule has 0 saturated heterocycles. The lowest BCUT2D eigenvalue weighted by Gasteiger charge is -2.08. The van der Waals surface area contributed by atoms with E-state index in [1.165, 1.54) is 18.4 Å². The number of hydrogen-bond donors (Lipinski definition) is 2. The smallest absolute Gasteiger partial charge is 0.0640 e. The number of aromatic nitrogens is 2. The van der Waals surface area contributed by atoms with E-state index in [-0.39, 0.29) is 6.61 Å². The van der Waals surface area contributed by atoms with Gasteiger partial charge in [-0.3, -0.25) is 4.68 Å². The summed E-state index contributed by atoms with van der Waals surface area (Å²) in [6.07, 6.45) is 6.25. The third-order valence-electron chi connectivity index (χ3n) is 2.55. The zero-order valence-electron chi connectivity index (χ0n) is 10.9. The summed E-state index contributed by atoms with van der Waals surface area (Å²) in [5.41, 5.74) is 1.17. The molecular formula is C12H24N4O. The van der Waals surface area contributed by atoms with Crippen LogP contribution in [0, 0.1) is 0 Å². The zero-order valence-corrected chi connectivity index (χ0v) is 10.9. The molecule has 1 heterocycles. The van der Waals surface area contributed by atoms with Crippen LogP contribution in [0.15, 0.2) is 12.4 Å². The first-order valence-electron chi connectivity index (χ1n) is 6.20. The van der Waals surface area contributed by atoms with Crippen molar-refractivity contribution >= 4 is 0 Å². The molecule has 1 aromatic heterocycles. The number of nitrogens with zero attached hydrogens (tertiary/aromatic N) is 3. The van der Waals surface area contributed by atoms with E-state index in [1.54, 1.807) is 4.68 Å². The van der Waals surface area contributed by atoms with Crippen molar-refractivity contribution in [3.63, 3.8) is 0 Å². The minimum Gasteiger partial charge on any atom is -0.394 e. The second kappa shape index (κ2) is 8.22. The molecule has 17 heavy (non-hydrogen) atoms. The SMILES string of the molecule is CN(C)CCCCNCc1cnn(CCO)c1. The predicted octanol–water partition coefficient (Wildman–Crippen LogP) is 0.307. The molecule has 5 nitrogen and oxygen atoms in total. The zero-order chi connectivity index (χ0) is 12.5. The van der Waals surface area contributed by atoms with Gasteiger partial charge in [-0.15, -0.1) is 0 Å². The minimum absolute atomic E-state index is 0.138. The number of aliphatic hydroxyl groups excluding tert-OH is 1. The molecule has 0 bridgehead atoms. The molecule has 0 unspecified atom stereocenters. The van der Waals surface area contributed by atoms with Crippen molar-refractivity contribution in [1.82, 2.24) is 20.0 Å². The first-order valence-corrected chi connectivity index (χ1v) is 6.20. The predicted molar refractivity (Wildman–Crippen MR) is 68.8 cm³/mol. The number of unbranched alkanes of at least 4 members (excludes halogenated alkanes) is 1. The minimum atomic E-state index is 0.138. The van der Waals surface area contributed by atoms with Crippen molar-refractivity contribution in [2.45, 2.75) is 25.9 Å². The van der Waals surface area contributed by atoms with Gasteiger partial charge in [0.05, 0.1) is 19.3 Å². The van der Waals surface area contributed by atoms with Gasteiger partial charge in [0.2, 0.25) is 0 Å². The Labute approximate surface area is 103 Å². The molecule has 2 N–H and O–H groups in total. The van der Waals surface area contributed by atoms with Crippen molar-refractivity contribution in [3.05, 3.63) is 18.0 Å². The van der Waals surface area contributed by atoms with Gasteiger partial charge in [0, 0.05) is 18.3 Å².